The summed E-state index contributed by atoms with van der Waals surface area (Å²) in [6.45, 7) is 0.987. The van der Waals surface area contributed by atoms with Crippen molar-refractivity contribution in [3.8, 4) is 16.3 Å². The molecule has 30 heavy (non-hydrogen) atoms. The first-order chi connectivity index (χ1) is 14.5. The highest BCUT2D eigenvalue weighted by molar-refractivity contribution is 7.13. The minimum atomic E-state index is -0.730. The number of nitrogens with zero attached hydrogens (tertiary/aromatic N) is 2. The lowest BCUT2D eigenvalue weighted by atomic mass is 10.1. The van der Waals surface area contributed by atoms with Gasteiger partial charge in [0.05, 0.1) is 12.1 Å². The molecule has 0 aliphatic carbocycles. The molecule has 0 atom stereocenters. The molecule has 1 fully saturated rings. The molecule has 3 aromatic rings. The highest BCUT2D eigenvalue weighted by Crippen LogP contribution is 2.26. The molecule has 1 aliphatic heterocycles. The number of hydrogen-bond acceptors (Lipinski definition) is 4. The van der Waals surface area contributed by atoms with Crippen molar-refractivity contribution in [1.82, 2.24) is 9.88 Å². The predicted octanol–water partition coefficient (Wildman–Crippen LogP) is 4.84. The van der Waals surface area contributed by atoms with E-state index >= 15 is 0 Å². The number of rotatable bonds is 5. The number of hydrogen-bond donors (Lipinski definition) is 0. The van der Waals surface area contributed by atoms with Crippen LogP contribution in [0.25, 0.3) is 10.6 Å². The highest BCUT2D eigenvalue weighted by Gasteiger charge is 2.25. The second kappa shape index (κ2) is 8.87. The third-order valence-corrected chi connectivity index (χ3v) is 5.88. The quantitative estimate of drug-likeness (QED) is 0.580. The fourth-order valence-electron chi connectivity index (χ4n) is 3.38. The van der Waals surface area contributed by atoms with Crippen LogP contribution in [0.5, 0.6) is 5.75 Å². The van der Waals surface area contributed by atoms with Gasteiger partial charge in [0.25, 0.3) is 0 Å². The van der Waals surface area contributed by atoms with Crippen LogP contribution < -0.4 is 4.74 Å². The molecule has 8 heteroatoms. The minimum absolute atomic E-state index is 0.0218. The van der Waals surface area contributed by atoms with E-state index in [2.05, 4.69) is 4.98 Å². The number of carbonyl (C=O) groups is 1. The van der Waals surface area contributed by atoms with Gasteiger partial charge in [0.15, 0.2) is 11.6 Å². The molecular formula is C22H19F3N2O2S. The fourth-order valence-corrected chi connectivity index (χ4v) is 4.20. The van der Waals surface area contributed by atoms with Gasteiger partial charge in [-0.15, -0.1) is 11.3 Å². The van der Waals surface area contributed by atoms with E-state index in [9.17, 15) is 18.0 Å². The topological polar surface area (TPSA) is 42.4 Å². The summed E-state index contributed by atoms with van der Waals surface area (Å²) in [5.41, 5.74) is 1.33. The smallest absolute Gasteiger partial charge is 0.228 e. The summed E-state index contributed by atoms with van der Waals surface area (Å²) in [5.74, 6) is -1.73. The zero-order chi connectivity index (χ0) is 21.1. The molecule has 0 bridgehead atoms. The Balaban J connectivity index is 1.30. The summed E-state index contributed by atoms with van der Waals surface area (Å²) in [6.07, 6.45) is 1.07. The van der Waals surface area contributed by atoms with E-state index in [-0.39, 0.29) is 30.0 Å². The van der Waals surface area contributed by atoms with Gasteiger partial charge in [-0.1, -0.05) is 12.1 Å². The first-order valence-electron chi connectivity index (χ1n) is 9.58. The van der Waals surface area contributed by atoms with Gasteiger partial charge in [0.2, 0.25) is 5.91 Å². The maximum absolute atomic E-state index is 13.7. The molecule has 1 amide bonds. The molecule has 0 N–H and O–H groups in total. The van der Waals surface area contributed by atoms with Crippen LogP contribution in [-0.4, -0.2) is 35.0 Å². The molecule has 1 aromatic heterocycles. The Hall–Kier alpha value is -2.87. The fraction of sp³-hybridized carbons (Fsp3) is 0.273. The molecule has 2 aromatic carbocycles. The van der Waals surface area contributed by atoms with Crippen LogP contribution in [0.3, 0.4) is 0 Å². The maximum atomic E-state index is 13.7. The van der Waals surface area contributed by atoms with Gasteiger partial charge < -0.3 is 9.64 Å². The van der Waals surface area contributed by atoms with Crippen LogP contribution in [0.15, 0.2) is 47.8 Å². The number of benzene rings is 2. The number of ether oxygens (including phenoxy) is 1. The van der Waals surface area contributed by atoms with Gasteiger partial charge in [0, 0.05) is 42.9 Å². The number of carbonyl (C=O) groups excluding carboxylic acids is 1. The average Bonchev–Trinajstić information content (AvgIpc) is 3.19. The lowest BCUT2D eigenvalue weighted by Gasteiger charge is -2.32. The summed E-state index contributed by atoms with van der Waals surface area (Å²) in [4.78, 5) is 18.8. The van der Waals surface area contributed by atoms with E-state index < -0.39 is 11.6 Å². The normalized spacial score (nSPS) is 14.7. The average molecular weight is 432 g/mol. The largest absolute Gasteiger partial charge is 0.487 e. The van der Waals surface area contributed by atoms with E-state index in [1.54, 1.807) is 17.0 Å². The van der Waals surface area contributed by atoms with E-state index in [1.807, 2.05) is 5.38 Å². The van der Waals surface area contributed by atoms with Crippen molar-refractivity contribution in [3.63, 3.8) is 0 Å². The molecule has 1 saturated heterocycles. The molecule has 0 spiro atoms. The summed E-state index contributed by atoms with van der Waals surface area (Å²) in [7, 11) is 0. The number of amides is 1. The van der Waals surface area contributed by atoms with Gasteiger partial charge in [-0.2, -0.15) is 0 Å². The summed E-state index contributed by atoms with van der Waals surface area (Å²) < 4.78 is 45.8. The third-order valence-electron chi connectivity index (χ3n) is 4.94. The lowest BCUT2D eigenvalue weighted by molar-refractivity contribution is -0.132. The highest BCUT2D eigenvalue weighted by atomic mass is 32.1. The minimum Gasteiger partial charge on any atom is -0.487 e. The van der Waals surface area contributed by atoms with Crippen molar-refractivity contribution < 1.29 is 22.7 Å². The predicted molar refractivity (Wildman–Crippen MR) is 108 cm³/mol. The van der Waals surface area contributed by atoms with Gasteiger partial charge in [-0.05, 0) is 24.3 Å². The van der Waals surface area contributed by atoms with Crippen LogP contribution in [0.1, 0.15) is 18.5 Å². The second-order valence-corrected chi connectivity index (χ2v) is 7.96. The molecule has 0 radical (unpaired) electrons. The summed E-state index contributed by atoms with van der Waals surface area (Å²) >= 11 is 1.37. The Morgan fingerprint density at radius 1 is 1.10 bits per heavy atom. The number of halogens is 3. The van der Waals surface area contributed by atoms with Gasteiger partial charge in [-0.3, -0.25) is 4.79 Å². The third kappa shape index (κ3) is 4.81. The molecule has 156 valence electrons. The zero-order valence-corrected chi connectivity index (χ0v) is 16.8. The van der Waals surface area contributed by atoms with Crippen LogP contribution in [-0.2, 0) is 11.2 Å². The SMILES string of the molecule is O=C(Cc1csc(-c2cccc(F)c2)n1)N1CCC(Oc2ccc(F)cc2F)CC1. The molecule has 0 saturated carbocycles. The van der Waals surface area contributed by atoms with Crippen molar-refractivity contribution in [3.05, 3.63) is 71.0 Å². The standard InChI is InChI=1S/C22H19F3N2O2S/c23-15-3-1-2-14(10-15)22-26-17(13-30-22)12-21(28)27-8-6-18(7-9-27)29-20-5-4-16(24)11-19(20)25/h1-5,10-11,13,18H,6-9,12H2. The molecule has 0 unspecified atom stereocenters. The first-order valence-corrected chi connectivity index (χ1v) is 10.5. The number of aromatic nitrogens is 1. The van der Waals surface area contributed by atoms with E-state index in [4.69, 9.17) is 4.74 Å². The molecule has 4 rings (SSSR count). The summed E-state index contributed by atoms with van der Waals surface area (Å²) in [6, 6.07) is 9.42. The lowest BCUT2D eigenvalue weighted by Crippen LogP contribution is -2.42. The van der Waals surface area contributed by atoms with Crippen LogP contribution in [0.2, 0.25) is 0 Å². The van der Waals surface area contributed by atoms with E-state index in [1.165, 1.54) is 29.5 Å². The van der Waals surface area contributed by atoms with Crippen molar-refractivity contribution in [2.24, 2.45) is 0 Å². The van der Waals surface area contributed by atoms with Crippen molar-refractivity contribution >= 4 is 17.2 Å². The zero-order valence-electron chi connectivity index (χ0n) is 16.0. The first kappa shape index (κ1) is 20.4. The molecule has 1 aliphatic rings. The Morgan fingerprint density at radius 3 is 2.60 bits per heavy atom. The number of likely N-dealkylation sites (tertiary alicyclic amines) is 1. The van der Waals surface area contributed by atoms with Gasteiger partial charge >= 0.3 is 0 Å². The Bertz CT molecular complexity index is 1050. The van der Waals surface area contributed by atoms with Crippen LogP contribution >= 0.6 is 11.3 Å². The van der Waals surface area contributed by atoms with Crippen molar-refractivity contribution in [2.45, 2.75) is 25.4 Å². The van der Waals surface area contributed by atoms with E-state index in [0.717, 1.165) is 12.1 Å². The molecular weight excluding hydrogens is 413 g/mol. The Kier molecular flexibility index (Phi) is 6.03. The molecule has 2 heterocycles. The van der Waals surface area contributed by atoms with Crippen molar-refractivity contribution in [2.75, 3.05) is 13.1 Å². The van der Waals surface area contributed by atoms with Gasteiger partial charge in [0.1, 0.15) is 22.7 Å². The Morgan fingerprint density at radius 2 is 1.87 bits per heavy atom. The number of thiazole rings is 1. The monoisotopic (exact) mass is 432 g/mol. The Labute approximate surface area is 175 Å². The second-order valence-electron chi connectivity index (χ2n) is 7.10. The van der Waals surface area contributed by atoms with Crippen LogP contribution in [0.4, 0.5) is 13.2 Å². The number of piperidine rings is 1. The van der Waals surface area contributed by atoms with E-state index in [0.29, 0.717) is 42.2 Å². The van der Waals surface area contributed by atoms with Crippen LogP contribution in [0, 0.1) is 17.5 Å². The molecule has 4 nitrogen and oxygen atoms in total. The maximum Gasteiger partial charge on any atom is 0.228 e. The summed E-state index contributed by atoms with van der Waals surface area (Å²) in [5, 5.41) is 2.48. The van der Waals surface area contributed by atoms with Gasteiger partial charge in [-0.25, -0.2) is 18.2 Å². The van der Waals surface area contributed by atoms with Crippen molar-refractivity contribution in [1.29, 1.82) is 0 Å².